The summed E-state index contributed by atoms with van der Waals surface area (Å²) in [5.74, 6) is 0. The summed E-state index contributed by atoms with van der Waals surface area (Å²) in [6, 6.07) is 46.9. The van der Waals surface area contributed by atoms with Crippen LogP contribution in [-0.2, 0) is 21.7 Å². The summed E-state index contributed by atoms with van der Waals surface area (Å²) >= 11 is 0. The molecule has 304 valence electrons. The molecule has 0 aliphatic carbocycles. The fourth-order valence-electron chi connectivity index (χ4n) is 11.4. The number of nitrogens with zero attached hydrogens (tertiary/aromatic N) is 5. The van der Waals surface area contributed by atoms with Crippen molar-refractivity contribution in [2.24, 2.45) is 4.99 Å². The third-order valence-corrected chi connectivity index (χ3v) is 14.8. The van der Waals surface area contributed by atoms with Gasteiger partial charge in [0.25, 0.3) is 0 Å². The number of fused-ring (bicyclic) bond motifs is 8. The highest BCUT2D eigenvalue weighted by Crippen LogP contribution is 2.61. The molecule has 7 heterocycles. The maximum atomic E-state index is 5.48. The van der Waals surface area contributed by atoms with Crippen LogP contribution in [-0.4, -0.2) is 15.7 Å². The third-order valence-electron chi connectivity index (χ3n) is 14.8. The normalized spacial score (nSPS) is 19.6. The first-order valence-corrected chi connectivity index (χ1v) is 22.0. The Morgan fingerprint density at radius 2 is 0.935 bits per heavy atom. The van der Waals surface area contributed by atoms with Crippen LogP contribution < -0.4 is 15.1 Å². The zero-order valence-corrected chi connectivity index (χ0v) is 36.7. The van der Waals surface area contributed by atoms with Gasteiger partial charge in [-0.25, -0.2) is 0 Å². The Balaban J connectivity index is 1.01. The van der Waals surface area contributed by atoms with E-state index in [4.69, 9.17) is 15.0 Å². The lowest BCUT2D eigenvalue weighted by Gasteiger charge is -2.49. The quantitative estimate of drug-likeness (QED) is 0.193. The first-order chi connectivity index (χ1) is 29.8. The van der Waals surface area contributed by atoms with Crippen LogP contribution >= 0.6 is 0 Å². The summed E-state index contributed by atoms with van der Waals surface area (Å²) < 4.78 is 0. The number of benzene rings is 5. The van der Waals surface area contributed by atoms with E-state index in [-0.39, 0.29) is 27.8 Å². The van der Waals surface area contributed by atoms with Crippen LogP contribution in [0.2, 0.25) is 0 Å². The van der Waals surface area contributed by atoms with Crippen molar-refractivity contribution in [1.29, 1.82) is 0 Å². The molecular formula is C56H50N6. The third kappa shape index (κ3) is 4.83. The monoisotopic (exact) mass is 806 g/mol. The number of hydrogen-bond acceptors (Lipinski definition) is 6. The average molecular weight is 807 g/mol. The Bertz CT molecular complexity index is 3130. The van der Waals surface area contributed by atoms with Crippen molar-refractivity contribution in [3.05, 3.63) is 207 Å². The SMILES string of the molecule is CC1(C)c2cc(C3=CC(c4ccc5c(c4)C(C)(C)c4cccc6c4N5c4cccnc4C6(C)C)=NC(c4ccccc4)N3)ccc2N2c3cccnc3C(C)(C)c3cccc1c32. The second kappa shape index (κ2) is 12.4. The Morgan fingerprint density at radius 1 is 0.452 bits per heavy atom. The van der Waals surface area contributed by atoms with Gasteiger partial charge in [-0.3, -0.25) is 15.0 Å². The molecule has 1 unspecified atom stereocenters. The Morgan fingerprint density at radius 3 is 1.47 bits per heavy atom. The Hall–Kier alpha value is -6.79. The van der Waals surface area contributed by atoms with E-state index in [1.165, 1.54) is 56.1 Å². The van der Waals surface area contributed by atoms with Crippen LogP contribution in [0.1, 0.15) is 123 Å². The molecule has 0 bridgehead atoms. The maximum Gasteiger partial charge on any atom is 0.145 e. The van der Waals surface area contributed by atoms with Crippen LogP contribution in [0.4, 0.5) is 34.1 Å². The molecule has 6 nitrogen and oxygen atoms in total. The molecule has 62 heavy (non-hydrogen) atoms. The molecule has 5 aromatic carbocycles. The molecular weight excluding hydrogens is 757 g/mol. The lowest BCUT2D eigenvalue weighted by atomic mass is 9.67. The number of anilines is 6. The van der Waals surface area contributed by atoms with Crippen LogP contribution in [0.15, 0.2) is 151 Å². The molecule has 6 heteroatoms. The molecule has 0 saturated heterocycles. The molecule has 0 amide bonds. The zero-order valence-electron chi connectivity index (χ0n) is 36.7. The van der Waals surface area contributed by atoms with Crippen LogP contribution in [0.25, 0.3) is 5.70 Å². The first kappa shape index (κ1) is 37.0. The number of aliphatic imine (C=N–C) groups is 1. The van der Waals surface area contributed by atoms with E-state index >= 15 is 0 Å². The minimum absolute atomic E-state index is 0.227. The fraction of sp³-hybridized carbons (Fsp3) is 0.232. The van der Waals surface area contributed by atoms with Gasteiger partial charge >= 0.3 is 0 Å². The van der Waals surface area contributed by atoms with Crippen LogP contribution in [0.3, 0.4) is 0 Å². The molecule has 2 aromatic heterocycles. The van der Waals surface area contributed by atoms with Crippen LogP contribution in [0, 0.1) is 0 Å². The largest absolute Gasteiger partial charge is 0.360 e. The van der Waals surface area contributed by atoms with Gasteiger partial charge in [-0.15, -0.1) is 0 Å². The molecule has 5 aliphatic heterocycles. The van der Waals surface area contributed by atoms with Gasteiger partial charge < -0.3 is 15.1 Å². The number of pyridine rings is 2. The van der Waals surface area contributed by atoms with Crippen molar-refractivity contribution < 1.29 is 0 Å². The molecule has 0 spiro atoms. The van der Waals surface area contributed by atoms with E-state index in [1.807, 2.05) is 12.4 Å². The van der Waals surface area contributed by atoms with Crippen molar-refractivity contribution in [3.8, 4) is 0 Å². The van der Waals surface area contributed by atoms with E-state index < -0.39 is 0 Å². The summed E-state index contributed by atoms with van der Waals surface area (Å²) in [5, 5.41) is 3.89. The van der Waals surface area contributed by atoms with E-state index in [0.717, 1.165) is 50.9 Å². The van der Waals surface area contributed by atoms with Gasteiger partial charge in [0.15, 0.2) is 0 Å². The highest BCUT2D eigenvalue weighted by molar-refractivity contribution is 6.14. The summed E-state index contributed by atoms with van der Waals surface area (Å²) in [6.07, 6.45) is 5.85. The Labute approximate surface area is 364 Å². The van der Waals surface area contributed by atoms with Crippen LogP contribution in [0.5, 0.6) is 0 Å². The number of aromatic nitrogens is 2. The molecule has 0 fully saturated rings. The summed E-state index contributed by atoms with van der Waals surface area (Å²) in [5.41, 5.74) is 21.7. The number of para-hydroxylation sites is 2. The molecule has 1 atom stereocenters. The highest BCUT2D eigenvalue weighted by Gasteiger charge is 2.48. The van der Waals surface area contributed by atoms with Gasteiger partial charge in [-0.05, 0) is 127 Å². The lowest BCUT2D eigenvalue weighted by molar-refractivity contribution is 0.584. The van der Waals surface area contributed by atoms with Gasteiger partial charge in [0, 0.05) is 45.3 Å². The predicted octanol–water partition coefficient (Wildman–Crippen LogP) is 13.1. The topological polar surface area (TPSA) is 56.7 Å². The molecule has 7 aromatic rings. The first-order valence-electron chi connectivity index (χ1n) is 22.0. The molecule has 0 radical (unpaired) electrons. The predicted molar refractivity (Wildman–Crippen MR) is 253 cm³/mol. The molecule has 12 rings (SSSR count). The van der Waals surface area contributed by atoms with Crippen molar-refractivity contribution >= 4 is 45.5 Å². The second-order valence-corrected chi connectivity index (χ2v) is 19.8. The van der Waals surface area contributed by atoms with Crippen molar-refractivity contribution in [2.75, 3.05) is 9.80 Å². The summed E-state index contributed by atoms with van der Waals surface area (Å²) in [6.45, 7) is 18.7. The van der Waals surface area contributed by atoms with Crippen molar-refractivity contribution in [2.45, 2.75) is 83.2 Å². The molecule has 5 aliphatic rings. The van der Waals surface area contributed by atoms with E-state index in [2.05, 4.69) is 204 Å². The zero-order chi connectivity index (χ0) is 42.5. The van der Waals surface area contributed by atoms with Gasteiger partial charge in [0.1, 0.15) is 6.17 Å². The maximum absolute atomic E-state index is 5.48. The van der Waals surface area contributed by atoms with Gasteiger partial charge in [-0.1, -0.05) is 107 Å². The number of hydrogen-bond donors (Lipinski definition) is 1. The molecule has 1 N–H and O–H groups in total. The van der Waals surface area contributed by atoms with E-state index in [0.29, 0.717) is 0 Å². The minimum Gasteiger partial charge on any atom is -0.360 e. The van der Waals surface area contributed by atoms with Crippen molar-refractivity contribution in [3.63, 3.8) is 0 Å². The number of nitrogens with one attached hydrogen (secondary N) is 1. The van der Waals surface area contributed by atoms with Gasteiger partial charge in [0.05, 0.1) is 51.2 Å². The standard InChI is InChI=1S/C56H50N6/c1-53(2)36-18-12-20-38-48(36)61(46-22-14-28-57-50(46)55(38,5)6)44-26-24-34(30-40(44)53)42-32-43(60-52(59-42)33-16-10-9-11-17-33)35-25-27-45-41(31-35)54(3,4)37-19-13-21-39-49(37)62(45)47-23-15-29-58-51(47)56(39,7)8/h9-32,52,59H,1-8H3. The summed E-state index contributed by atoms with van der Waals surface area (Å²) in [7, 11) is 0. The van der Waals surface area contributed by atoms with E-state index in [9.17, 15) is 0 Å². The molecule has 0 saturated carbocycles. The smallest absolute Gasteiger partial charge is 0.145 e. The minimum atomic E-state index is -0.268. The van der Waals surface area contributed by atoms with Gasteiger partial charge in [-0.2, -0.15) is 0 Å². The van der Waals surface area contributed by atoms with Crippen molar-refractivity contribution in [1.82, 2.24) is 15.3 Å². The van der Waals surface area contributed by atoms with E-state index in [1.54, 1.807) is 0 Å². The fourth-order valence-corrected chi connectivity index (χ4v) is 11.4. The second-order valence-electron chi connectivity index (χ2n) is 19.8. The van der Waals surface area contributed by atoms with Gasteiger partial charge in [0.2, 0.25) is 0 Å². The highest BCUT2D eigenvalue weighted by atomic mass is 15.2. The number of rotatable bonds is 3. The number of allylic oxidation sites excluding steroid dienone is 1. The Kier molecular flexibility index (Phi) is 7.41. The summed E-state index contributed by atoms with van der Waals surface area (Å²) in [4.78, 5) is 20.4. The lowest BCUT2D eigenvalue weighted by Crippen LogP contribution is -2.38. The average Bonchev–Trinajstić information content (AvgIpc) is 3.28.